The highest BCUT2D eigenvalue weighted by Gasteiger charge is 2.30. The van der Waals surface area contributed by atoms with Gasteiger partial charge in [0.15, 0.2) is 5.82 Å². The van der Waals surface area contributed by atoms with Crippen LogP contribution < -0.4 is 0 Å². The molecule has 0 unspecified atom stereocenters. The van der Waals surface area contributed by atoms with Crippen LogP contribution in [0.1, 0.15) is 77.4 Å². The standard InChI is InChI=1S/C38H40F3N3/c1-8-9-34-42-35(27-14-20-32(21-15-27)38(39,40)41)43-44(34)33-23-28(25-10-16-30(17-11-25)36(2,3)4)22-29(24-33)26-12-18-31(19-13-26)37(5,6)7/h10-24H,8-9H2,1-7H3. The summed E-state index contributed by atoms with van der Waals surface area (Å²) >= 11 is 0. The molecule has 1 aromatic heterocycles. The van der Waals surface area contributed by atoms with Crippen LogP contribution in [0.25, 0.3) is 39.3 Å². The third kappa shape index (κ3) is 6.80. The van der Waals surface area contributed by atoms with Crippen molar-refractivity contribution in [2.45, 2.75) is 78.3 Å². The minimum atomic E-state index is -4.40. The van der Waals surface area contributed by atoms with Crippen LogP contribution in [0, 0.1) is 0 Å². The fraction of sp³-hybridized carbons (Fsp3) is 0.316. The molecule has 0 spiro atoms. The normalized spacial score (nSPS) is 12.5. The Hall–Kier alpha value is -4.19. The summed E-state index contributed by atoms with van der Waals surface area (Å²) in [6, 6.07) is 28.8. The van der Waals surface area contributed by atoms with Crippen LogP contribution in [-0.2, 0) is 23.4 Å². The molecule has 0 saturated heterocycles. The van der Waals surface area contributed by atoms with E-state index in [9.17, 15) is 13.2 Å². The van der Waals surface area contributed by atoms with Gasteiger partial charge in [0, 0.05) is 12.0 Å². The predicted octanol–water partition coefficient (Wildman–Crippen LogP) is 10.8. The highest BCUT2D eigenvalue weighted by Crippen LogP contribution is 2.34. The minimum absolute atomic E-state index is 0.0465. The van der Waals surface area contributed by atoms with Crippen LogP contribution in [0.15, 0.2) is 91.0 Å². The SMILES string of the molecule is CCCc1nc(-c2ccc(C(F)(F)F)cc2)nn1-c1cc(-c2ccc(C(C)(C)C)cc2)cc(-c2ccc(C(C)(C)C)cc2)c1. The molecule has 0 bridgehead atoms. The summed E-state index contributed by atoms with van der Waals surface area (Å²) in [6.07, 6.45) is -2.88. The van der Waals surface area contributed by atoms with Gasteiger partial charge in [-0.1, -0.05) is 109 Å². The summed E-state index contributed by atoms with van der Waals surface area (Å²) in [4.78, 5) is 4.79. The van der Waals surface area contributed by atoms with E-state index >= 15 is 0 Å². The number of alkyl halides is 3. The molecule has 0 fully saturated rings. The van der Waals surface area contributed by atoms with E-state index in [0.29, 0.717) is 17.8 Å². The molecule has 5 rings (SSSR count). The summed E-state index contributed by atoms with van der Waals surface area (Å²) in [5, 5.41) is 4.85. The quantitative estimate of drug-likeness (QED) is 0.195. The lowest BCUT2D eigenvalue weighted by atomic mass is 9.85. The van der Waals surface area contributed by atoms with Gasteiger partial charge < -0.3 is 0 Å². The van der Waals surface area contributed by atoms with Gasteiger partial charge in [0.25, 0.3) is 0 Å². The van der Waals surface area contributed by atoms with Gasteiger partial charge >= 0.3 is 6.18 Å². The van der Waals surface area contributed by atoms with Crippen molar-refractivity contribution in [3.63, 3.8) is 0 Å². The molecule has 0 N–H and O–H groups in total. The van der Waals surface area contributed by atoms with Crippen molar-refractivity contribution in [1.82, 2.24) is 14.8 Å². The van der Waals surface area contributed by atoms with Crippen molar-refractivity contribution in [3.05, 3.63) is 114 Å². The number of rotatable bonds is 6. The van der Waals surface area contributed by atoms with Crippen LogP contribution in [0.2, 0.25) is 0 Å². The van der Waals surface area contributed by atoms with Crippen LogP contribution in [0.3, 0.4) is 0 Å². The first-order chi connectivity index (χ1) is 20.6. The second-order valence-corrected chi connectivity index (χ2v) is 13.5. The molecule has 0 amide bonds. The molecule has 0 radical (unpaired) electrons. The summed E-state index contributed by atoms with van der Waals surface area (Å²) in [5.41, 5.74) is 7.60. The summed E-state index contributed by atoms with van der Waals surface area (Å²) in [7, 11) is 0. The molecule has 0 aliphatic heterocycles. The number of hydrogen-bond donors (Lipinski definition) is 0. The molecule has 228 valence electrons. The van der Waals surface area contributed by atoms with Crippen molar-refractivity contribution in [1.29, 1.82) is 0 Å². The van der Waals surface area contributed by atoms with Gasteiger partial charge in [0.2, 0.25) is 0 Å². The lowest BCUT2D eigenvalue weighted by molar-refractivity contribution is -0.137. The van der Waals surface area contributed by atoms with Gasteiger partial charge in [0.05, 0.1) is 11.3 Å². The number of halogens is 3. The van der Waals surface area contributed by atoms with Crippen LogP contribution >= 0.6 is 0 Å². The van der Waals surface area contributed by atoms with Gasteiger partial charge in [-0.25, -0.2) is 9.67 Å². The van der Waals surface area contributed by atoms with E-state index in [1.54, 1.807) is 0 Å². The van der Waals surface area contributed by atoms with E-state index in [1.165, 1.54) is 23.3 Å². The zero-order chi connectivity index (χ0) is 31.9. The third-order valence-corrected chi connectivity index (χ3v) is 7.95. The Kier molecular flexibility index (Phi) is 8.32. The Morgan fingerprint density at radius 3 is 1.41 bits per heavy atom. The minimum Gasteiger partial charge on any atom is -0.217 e. The van der Waals surface area contributed by atoms with Gasteiger partial charge in [-0.3, -0.25) is 0 Å². The molecule has 0 aliphatic carbocycles. The first-order valence-electron chi connectivity index (χ1n) is 15.1. The second kappa shape index (κ2) is 11.7. The first kappa shape index (κ1) is 31.2. The van der Waals surface area contributed by atoms with Crippen LogP contribution in [0.4, 0.5) is 13.2 Å². The second-order valence-electron chi connectivity index (χ2n) is 13.5. The van der Waals surface area contributed by atoms with E-state index in [1.807, 2.05) is 4.68 Å². The summed E-state index contributed by atoms with van der Waals surface area (Å²) in [5.74, 6) is 1.16. The first-order valence-corrected chi connectivity index (χ1v) is 15.1. The lowest BCUT2D eigenvalue weighted by Crippen LogP contribution is -2.10. The van der Waals surface area contributed by atoms with Crippen molar-refractivity contribution >= 4 is 0 Å². The molecule has 0 aliphatic rings. The zero-order valence-corrected chi connectivity index (χ0v) is 26.6. The molecule has 5 aromatic rings. The molecule has 3 nitrogen and oxygen atoms in total. The van der Waals surface area contributed by atoms with E-state index in [-0.39, 0.29) is 10.8 Å². The van der Waals surface area contributed by atoms with Crippen LogP contribution in [-0.4, -0.2) is 14.8 Å². The number of nitrogens with zero attached hydrogens (tertiary/aromatic N) is 3. The third-order valence-electron chi connectivity index (χ3n) is 7.95. The van der Waals surface area contributed by atoms with Gasteiger partial charge in [-0.2, -0.15) is 13.2 Å². The largest absolute Gasteiger partial charge is 0.416 e. The average molecular weight is 596 g/mol. The fourth-order valence-electron chi connectivity index (χ4n) is 5.26. The Bertz CT molecular complexity index is 1660. The summed E-state index contributed by atoms with van der Waals surface area (Å²) < 4.78 is 41.4. The highest BCUT2D eigenvalue weighted by atomic mass is 19.4. The lowest BCUT2D eigenvalue weighted by Gasteiger charge is -2.20. The number of aryl methyl sites for hydroxylation is 1. The van der Waals surface area contributed by atoms with Crippen molar-refractivity contribution in [2.75, 3.05) is 0 Å². The maximum absolute atomic E-state index is 13.2. The number of benzene rings is 4. The molecule has 1 heterocycles. The van der Waals surface area contributed by atoms with E-state index < -0.39 is 11.7 Å². The topological polar surface area (TPSA) is 30.7 Å². The Morgan fingerprint density at radius 1 is 0.568 bits per heavy atom. The van der Waals surface area contributed by atoms with Gasteiger partial charge in [0.1, 0.15) is 5.82 Å². The van der Waals surface area contributed by atoms with Gasteiger partial charge in [-0.15, -0.1) is 5.10 Å². The maximum Gasteiger partial charge on any atom is 0.416 e. The molecule has 4 aromatic carbocycles. The van der Waals surface area contributed by atoms with E-state index in [0.717, 1.165) is 52.3 Å². The fourth-order valence-corrected chi connectivity index (χ4v) is 5.26. The molecule has 0 atom stereocenters. The van der Waals surface area contributed by atoms with Crippen molar-refractivity contribution < 1.29 is 13.2 Å². The predicted molar refractivity (Wildman–Crippen MR) is 174 cm³/mol. The molecular weight excluding hydrogens is 555 g/mol. The Labute approximate surface area is 258 Å². The van der Waals surface area contributed by atoms with Crippen molar-refractivity contribution in [2.24, 2.45) is 0 Å². The highest BCUT2D eigenvalue weighted by molar-refractivity contribution is 5.76. The monoisotopic (exact) mass is 595 g/mol. The Morgan fingerprint density at radius 2 is 1.00 bits per heavy atom. The smallest absolute Gasteiger partial charge is 0.217 e. The van der Waals surface area contributed by atoms with Gasteiger partial charge in [-0.05, 0) is 81.0 Å². The van der Waals surface area contributed by atoms with E-state index in [4.69, 9.17) is 10.1 Å². The molecule has 6 heteroatoms. The van der Waals surface area contributed by atoms with Crippen LogP contribution in [0.5, 0.6) is 0 Å². The molecular formula is C38H40F3N3. The zero-order valence-electron chi connectivity index (χ0n) is 26.6. The number of aromatic nitrogens is 3. The Balaban J connectivity index is 1.65. The number of hydrogen-bond acceptors (Lipinski definition) is 2. The average Bonchev–Trinajstić information content (AvgIpc) is 3.40. The van der Waals surface area contributed by atoms with Crippen molar-refractivity contribution in [3.8, 4) is 39.3 Å². The maximum atomic E-state index is 13.2. The summed E-state index contributed by atoms with van der Waals surface area (Å²) in [6.45, 7) is 15.3. The molecule has 0 saturated carbocycles. The molecule has 44 heavy (non-hydrogen) atoms. The van der Waals surface area contributed by atoms with E-state index in [2.05, 4.69) is 115 Å².